The highest BCUT2D eigenvalue weighted by Gasteiger charge is 2.44. The molecule has 0 aliphatic carbocycles. The number of ether oxygens (including phenoxy) is 2. The Morgan fingerprint density at radius 2 is 1.14 bits per heavy atom. The van der Waals surface area contributed by atoms with E-state index < -0.39 is 164 Å². The fourth-order valence-electron chi connectivity index (χ4n) is 13.2. The van der Waals surface area contributed by atoms with Crippen LogP contribution in [0.1, 0.15) is 159 Å². The number of unbranched alkanes of at least 4 members (excludes halogenated alkanes) is 1. The number of hydrogen-bond donors (Lipinski definition) is 7. The molecule has 0 radical (unpaired) electrons. The number of nitrogens with zero attached hydrogens (tertiary/aromatic N) is 8. The zero-order valence-electron chi connectivity index (χ0n) is 64.5. The Bertz CT molecular complexity index is 2870. The number of rotatable bonds is 21. The number of likely N-dealkylation sites (tertiary alicyclic amines) is 1. The van der Waals surface area contributed by atoms with Gasteiger partial charge in [0.05, 0.1) is 64.1 Å². The van der Waals surface area contributed by atoms with Crippen LogP contribution in [0.15, 0.2) is 30.3 Å². The monoisotopic (exact) mass is 1440 g/mol. The van der Waals surface area contributed by atoms with Crippen molar-refractivity contribution in [1.82, 2.24) is 65.8 Å². The number of carbonyl (C=O) groups is 11. The molecule has 3 aliphatic rings. The molecule has 0 aromatic heterocycles. The minimum Gasteiger partial charge on any atom is -0.391 e. The number of benzene rings is 1. The summed E-state index contributed by atoms with van der Waals surface area (Å²) in [6, 6.07) is -3.15. The van der Waals surface area contributed by atoms with E-state index in [1.165, 1.54) is 78.6 Å². The second-order valence-electron chi connectivity index (χ2n) is 30.2. The highest BCUT2D eigenvalue weighted by molar-refractivity contribution is 5.99. The van der Waals surface area contributed by atoms with Gasteiger partial charge in [0.1, 0.15) is 54.6 Å². The smallest absolute Gasteiger partial charge is 0.247 e. The van der Waals surface area contributed by atoms with Gasteiger partial charge in [0.2, 0.25) is 65.0 Å². The summed E-state index contributed by atoms with van der Waals surface area (Å²) < 4.78 is 11.9. The summed E-state index contributed by atoms with van der Waals surface area (Å²) in [5.41, 5.74) is 0.663. The van der Waals surface area contributed by atoms with Gasteiger partial charge < -0.3 is 80.2 Å². The molecule has 2 unspecified atom stereocenters. The summed E-state index contributed by atoms with van der Waals surface area (Å²) >= 11 is 0. The first-order valence-electron chi connectivity index (χ1n) is 37.1. The molecule has 11 amide bonds. The maximum Gasteiger partial charge on any atom is 0.247 e. The number of hydrogen-bond acceptors (Lipinski definition) is 17. The average molecular weight is 1440 g/mol. The predicted octanol–water partition coefficient (Wildman–Crippen LogP) is 2.21. The number of likely N-dealkylation sites (N-methyl/N-ethyl adjacent to an activating group) is 6. The molecule has 28 nitrogen and oxygen atoms in total. The van der Waals surface area contributed by atoms with Crippen LogP contribution in [0.5, 0.6) is 0 Å². The Balaban J connectivity index is 1.98. The van der Waals surface area contributed by atoms with E-state index in [1.54, 1.807) is 42.2 Å². The van der Waals surface area contributed by atoms with Gasteiger partial charge in [0.25, 0.3) is 0 Å². The van der Waals surface area contributed by atoms with Crippen molar-refractivity contribution in [2.75, 3.05) is 108 Å². The van der Waals surface area contributed by atoms with E-state index in [0.29, 0.717) is 70.5 Å². The van der Waals surface area contributed by atoms with E-state index in [2.05, 4.69) is 26.6 Å². The molecule has 3 fully saturated rings. The molecule has 3 saturated heterocycles. The molecule has 1 aromatic rings. The number of piperidine rings is 1. The maximum atomic E-state index is 15.5. The Labute approximate surface area is 607 Å². The normalized spacial score (nSPS) is 26.8. The van der Waals surface area contributed by atoms with Gasteiger partial charge in [-0.15, -0.1) is 0 Å². The molecule has 1 aromatic carbocycles. The molecule has 4 rings (SSSR count). The van der Waals surface area contributed by atoms with Crippen molar-refractivity contribution >= 4 is 65.0 Å². The second-order valence-corrected chi connectivity index (χ2v) is 30.2. The van der Waals surface area contributed by atoms with Crippen molar-refractivity contribution in [3.63, 3.8) is 0 Å². The quantitative estimate of drug-likeness (QED) is 0.0928. The number of amides is 11. The molecular formula is C74H127N13O15. The van der Waals surface area contributed by atoms with Gasteiger partial charge >= 0.3 is 0 Å². The Hall–Kier alpha value is -6.85. The lowest BCUT2D eigenvalue weighted by Gasteiger charge is -2.39. The molecule has 0 spiro atoms. The molecule has 0 bridgehead atoms. The van der Waals surface area contributed by atoms with E-state index in [0.717, 1.165) is 11.3 Å². The lowest BCUT2D eigenvalue weighted by Crippen LogP contribution is -2.63. The first kappa shape index (κ1) is 87.6. The number of morpholine rings is 1. The molecule has 3 aliphatic heterocycles. The van der Waals surface area contributed by atoms with Crippen LogP contribution < -0.4 is 26.6 Å². The number of nitrogens with one attached hydrogen (secondary N) is 5. The third kappa shape index (κ3) is 26.4. The van der Waals surface area contributed by atoms with Crippen LogP contribution in [-0.2, 0) is 68.6 Å². The van der Waals surface area contributed by atoms with Crippen LogP contribution in [0.2, 0.25) is 0 Å². The van der Waals surface area contributed by atoms with Crippen LogP contribution in [0.25, 0.3) is 0 Å². The van der Waals surface area contributed by atoms with E-state index >= 15 is 33.6 Å². The second kappa shape index (κ2) is 42.8. The zero-order valence-corrected chi connectivity index (χ0v) is 64.5. The lowest BCUT2D eigenvalue weighted by molar-refractivity contribution is -0.151. The molecule has 578 valence electrons. The topological polar surface area (TPSA) is 333 Å². The first-order valence-corrected chi connectivity index (χ1v) is 37.1. The minimum absolute atomic E-state index is 0.0206. The molecule has 13 atom stereocenters. The summed E-state index contributed by atoms with van der Waals surface area (Å²) in [6.45, 7) is 22.4. The summed E-state index contributed by atoms with van der Waals surface area (Å²) in [5.74, 6) is -8.80. The van der Waals surface area contributed by atoms with Crippen LogP contribution in [0.3, 0.4) is 0 Å². The van der Waals surface area contributed by atoms with Crippen molar-refractivity contribution in [3.8, 4) is 0 Å². The van der Waals surface area contributed by atoms with Crippen LogP contribution in [-0.4, -0.2) is 295 Å². The minimum atomic E-state index is -1.68. The summed E-state index contributed by atoms with van der Waals surface area (Å²) in [7, 11) is 8.57. The molecule has 3 heterocycles. The summed E-state index contributed by atoms with van der Waals surface area (Å²) in [5, 5.41) is 38.8. The first-order chi connectivity index (χ1) is 48.0. The average Bonchev–Trinajstić information content (AvgIpc) is 0.826. The van der Waals surface area contributed by atoms with E-state index in [9.17, 15) is 29.4 Å². The van der Waals surface area contributed by atoms with E-state index in [1.807, 2.05) is 69.2 Å². The van der Waals surface area contributed by atoms with Crippen LogP contribution in [0.4, 0.5) is 0 Å². The SMILES string of the molecule is CCCCN1CC(=O)N(C)[C@@H](Cc2ccccc2)C(=O)N(C)[C@@H](CC(C)C)C(=O)N[C@@H](COC[C@@H]2COCCN2)C(=O)N(C)[C@@H](CC(C)C)C(=O)N[C@H](C(=O)N2CCCCC2)CC(=O)N(C)CC(=O)N(C)[C@@H](CC(C)C)C(=O)NC([C@@H](C)CC)C(=O)N(C)[C@@H](CC(C)C)C(O)N[C@@H]([C@@H](C)O)C1=O. The Kier molecular flexibility index (Phi) is 36.7. The van der Waals surface area contributed by atoms with Crippen molar-refractivity contribution in [3.05, 3.63) is 35.9 Å². The van der Waals surface area contributed by atoms with E-state index in [-0.39, 0.29) is 75.0 Å². The van der Waals surface area contributed by atoms with Crippen LogP contribution >= 0.6 is 0 Å². The molecular weight excluding hydrogens is 1310 g/mol. The lowest BCUT2D eigenvalue weighted by atomic mass is 9.94. The van der Waals surface area contributed by atoms with E-state index in [4.69, 9.17) is 9.47 Å². The highest BCUT2D eigenvalue weighted by atomic mass is 16.5. The Morgan fingerprint density at radius 1 is 0.598 bits per heavy atom. The summed E-state index contributed by atoms with van der Waals surface area (Å²) in [4.78, 5) is 176. The number of carbonyl (C=O) groups excluding carboxylic acids is 11. The number of aliphatic hydroxyl groups is 2. The summed E-state index contributed by atoms with van der Waals surface area (Å²) in [6.07, 6.45) is 0.261. The Morgan fingerprint density at radius 3 is 1.68 bits per heavy atom. The van der Waals surface area contributed by atoms with Crippen molar-refractivity contribution in [1.29, 1.82) is 0 Å². The highest BCUT2D eigenvalue weighted by Crippen LogP contribution is 2.24. The van der Waals surface area contributed by atoms with Gasteiger partial charge in [-0.25, -0.2) is 0 Å². The van der Waals surface area contributed by atoms with Crippen LogP contribution in [0, 0.1) is 29.6 Å². The number of aliphatic hydroxyl groups excluding tert-OH is 2. The zero-order chi connectivity index (χ0) is 76.4. The maximum absolute atomic E-state index is 15.5. The molecule has 7 N–H and O–H groups in total. The van der Waals surface area contributed by atoms with Gasteiger partial charge in [-0.2, -0.15) is 0 Å². The standard InChI is InChI=1S/C74H127N13O15/c1-19-21-31-87-42-63(91)82(15)60(39-52-28-24-22-25-29-52)72(98)84(17)58(37-48(7)8)67(93)77-55(45-102-44-53-43-101-34-30-75-53)70(96)83(16)57(36-47(5)6)66(92)76-54(71(97)86-32-26-23-27-33-86)40-61(89)80(13)41-62(90)81(14)56(35-46(3)4)68(94)78-64(50(11)20-2)73(99)85(18)59(38-49(9)10)69(95)79-65(51(12)88)74(87)100/h22,24-25,28-29,46-51,53-60,64-65,69,75,79,88,95H,19-21,23,26-27,30-45H2,1-18H3,(H,76,92)(H,77,93)(H,78,94)/t50-,51+,53-,54-,55-,56-,57-,58-,59-,60-,64?,65-,69?/m0/s1. The molecule has 102 heavy (non-hydrogen) atoms. The fourth-order valence-corrected chi connectivity index (χ4v) is 13.2. The van der Waals surface area contributed by atoms with Crippen molar-refractivity contribution in [2.24, 2.45) is 29.6 Å². The predicted molar refractivity (Wildman–Crippen MR) is 388 cm³/mol. The van der Waals surface area contributed by atoms with Crippen molar-refractivity contribution in [2.45, 2.75) is 233 Å². The third-order valence-corrected chi connectivity index (χ3v) is 19.8. The molecule has 0 saturated carbocycles. The largest absolute Gasteiger partial charge is 0.391 e. The molecule has 28 heteroatoms. The van der Waals surface area contributed by atoms with Gasteiger partial charge in [-0.05, 0) is 93.4 Å². The van der Waals surface area contributed by atoms with Crippen molar-refractivity contribution < 1.29 is 72.4 Å². The fraction of sp³-hybridized carbons (Fsp3) is 0.770. The van der Waals surface area contributed by atoms with Gasteiger partial charge in [-0.1, -0.05) is 119 Å². The third-order valence-electron chi connectivity index (χ3n) is 19.8. The van der Waals surface area contributed by atoms with Gasteiger partial charge in [0, 0.05) is 74.9 Å². The van der Waals surface area contributed by atoms with Gasteiger partial charge in [0.15, 0.2) is 0 Å². The van der Waals surface area contributed by atoms with Gasteiger partial charge in [-0.3, -0.25) is 58.1 Å².